The van der Waals surface area contributed by atoms with Gasteiger partial charge in [0.1, 0.15) is 5.60 Å². The Hall–Kier alpha value is -1.60. The Balaban J connectivity index is 2.07. The maximum Gasteiger partial charge on any atom is 0.135 e. The summed E-state index contributed by atoms with van der Waals surface area (Å²) in [5.41, 5.74) is 13.9. The molecule has 0 bridgehead atoms. The second-order valence-electron chi connectivity index (χ2n) is 5.99. The highest BCUT2D eigenvalue weighted by Gasteiger charge is 2.41. The average molecular weight is 302 g/mol. The van der Waals surface area contributed by atoms with E-state index in [9.17, 15) is 0 Å². The Morgan fingerprint density at radius 3 is 2.77 bits per heavy atom. The molecule has 2 aliphatic heterocycles. The van der Waals surface area contributed by atoms with Crippen molar-refractivity contribution < 1.29 is 9.47 Å². The first-order valence-electron chi connectivity index (χ1n) is 7.38. The molecule has 0 aromatic carbocycles. The van der Waals surface area contributed by atoms with Gasteiger partial charge >= 0.3 is 0 Å². The summed E-state index contributed by atoms with van der Waals surface area (Å²) in [4.78, 5) is 8.83. The number of nitrogens with two attached hydrogens (primary N) is 2. The SMILES string of the molecule is COC1(c2cc(C)cc(C3(N)C=CN=CC3N)n2)CCOC1. The summed E-state index contributed by atoms with van der Waals surface area (Å²) in [6.45, 7) is 3.18. The van der Waals surface area contributed by atoms with Crippen molar-refractivity contribution in [2.24, 2.45) is 16.5 Å². The second kappa shape index (κ2) is 5.55. The van der Waals surface area contributed by atoms with Gasteiger partial charge in [-0.25, -0.2) is 0 Å². The Morgan fingerprint density at radius 2 is 2.14 bits per heavy atom. The molecule has 2 aliphatic rings. The number of ether oxygens (including phenoxy) is 2. The van der Waals surface area contributed by atoms with E-state index in [1.807, 2.05) is 19.1 Å². The first-order valence-corrected chi connectivity index (χ1v) is 7.38. The first-order chi connectivity index (χ1) is 10.5. The zero-order valence-electron chi connectivity index (χ0n) is 13.0. The molecular weight excluding hydrogens is 280 g/mol. The zero-order chi connectivity index (χ0) is 15.8. The van der Waals surface area contributed by atoms with Crippen LogP contribution in [0.15, 0.2) is 29.4 Å². The van der Waals surface area contributed by atoms with Crippen LogP contribution in [0.5, 0.6) is 0 Å². The molecule has 22 heavy (non-hydrogen) atoms. The predicted molar refractivity (Wildman–Crippen MR) is 84.6 cm³/mol. The van der Waals surface area contributed by atoms with Gasteiger partial charge in [-0.15, -0.1) is 0 Å². The molecule has 0 spiro atoms. The monoisotopic (exact) mass is 302 g/mol. The number of pyridine rings is 1. The third kappa shape index (κ3) is 2.38. The lowest BCUT2D eigenvalue weighted by Crippen LogP contribution is -2.53. The number of aromatic nitrogens is 1. The molecule has 1 fully saturated rings. The molecule has 1 aromatic heterocycles. The fourth-order valence-corrected chi connectivity index (χ4v) is 2.94. The number of nitrogens with zero attached hydrogens (tertiary/aromatic N) is 2. The quantitative estimate of drug-likeness (QED) is 0.858. The van der Waals surface area contributed by atoms with Gasteiger partial charge in [0.05, 0.1) is 29.6 Å². The number of aliphatic imine (C=N–C) groups is 1. The van der Waals surface area contributed by atoms with Crippen LogP contribution in [0.25, 0.3) is 0 Å². The van der Waals surface area contributed by atoms with Crippen molar-refractivity contribution in [3.63, 3.8) is 0 Å². The van der Waals surface area contributed by atoms with Crippen molar-refractivity contribution in [3.05, 3.63) is 41.4 Å². The van der Waals surface area contributed by atoms with Crippen LogP contribution in [0.2, 0.25) is 0 Å². The fourth-order valence-electron chi connectivity index (χ4n) is 2.94. The largest absolute Gasteiger partial charge is 0.378 e. The molecule has 3 atom stereocenters. The van der Waals surface area contributed by atoms with Crippen LogP contribution < -0.4 is 11.5 Å². The minimum atomic E-state index is -0.864. The van der Waals surface area contributed by atoms with Crippen molar-refractivity contribution in [2.75, 3.05) is 20.3 Å². The molecule has 6 heteroatoms. The number of hydrogen-bond donors (Lipinski definition) is 2. The molecule has 0 amide bonds. The van der Waals surface area contributed by atoms with Crippen LogP contribution in [0.4, 0.5) is 0 Å². The number of hydrogen-bond acceptors (Lipinski definition) is 6. The Bertz CT molecular complexity index is 623. The topological polar surface area (TPSA) is 95.8 Å². The van der Waals surface area contributed by atoms with E-state index in [0.29, 0.717) is 13.2 Å². The molecule has 1 saturated heterocycles. The molecule has 118 valence electrons. The molecule has 1 aromatic rings. The highest BCUT2D eigenvalue weighted by atomic mass is 16.5. The summed E-state index contributed by atoms with van der Waals surface area (Å²) in [6.07, 6.45) is 5.89. The summed E-state index contributed by atoms with van der Waals surface area (Å²) < 4.78 is 11.3. The van der Waals surface area contributed by atoms with Gasteiger partial charge in [0, 0.05) is 32.6 Å². The van der Waals surface area contributed by atoms with E-state index in [1.165, 1.54) is 0 Å². The molecule has 3 rings (SSSR count). The Kier molecular flexibility index (Phi) is 3.86. The lowest BCUT2D eigenvalue weighted by atomic mass is 9.85. The standard InChI is InChI=1S/C16H22N4O2/c1-11-7-13(15(21-2)4-6-22-10-15)20-14(8-11)16(18)3-5-19-9-12(16)17/h3,5,7-9,12H,4,6,10,17-18H2,1-2H3. The van der Waals surface area contributed by atoms with Crippen molar-refractivity contribution in [1.82, 2.24) is 4.98 Å². The Morgan fingerprint density at radius 1 is 1.36 bits per heavy atom. The van der Waals surface area contributed by atoms with Crippen LogP contribution in [-0.4, -0.2) is 37.6 Å². The van der Waals surface area contributed by atoms with Crippen LogP contribution in [0.3, 0.4) is 0 Å². The van der Waals surface area contributed by atoms with E-state index in [0.717, 1.165) is 23.4 Å². The third-order valence-corrected chi connectivity index (χ3v) is 4.49. The molecule has 0 saturated carbocycles. The lowest BCUT2D eigenvalue weighted by Gasteiger charge is -2.33. The van der Waals surface area contributed by atoms with Crippen LogP contribution in [-0.2, 0) is 20.6 Å². The van der Waals surface area contributed by atoms with Gasteiger partial charge < -0.3 is 20.9 Å². The number of aryl methyl sites for hydroxylation is 1. The summed E-state index contributed by atoms with van der Waals surface area (Å²) in [5.74, 6) is 0. The van der Waals surface area contributed by atoms with E-state index >= 15 is 0 Å². The summed E-state index contributed by atoms with van der Waals surface area (Å²) in [5, 5.41) is 0. The van der Waals surface area contributed by atoms with Gasteiger partial charge in [-0.1, -0.05) is 0 Å². The summed E-state index contributed by atoms with van der Waals surface area (Å²) in [7, 11) is 1.69. The maximum absolute atomic E-state index is 6.51. The molecular formula is C16H22N4O2. The highest BCUT2D eigenvalue weighted by Crippen LogP contribution is 2.35. The maximum atomic E-state index is 6.51. The summed E-state index contributed by atoms with van der Waals surface area (Å²) >= 11 is 0. The Labute approximate surface area is 130 Å². The second-order valence-corrected chi connectivity index (χ2v) is 5.99. The van der Waals surface area contributed by atoms with Crippen LogP contribution in [0, 0.1) is 6.92 Å². The first kappa shape index (κ1) is 15.3. The highest BCUT2D eigenvalue weighted by molar-refractivity contribution is 5.70. The van der Waals surface area contributed by atoms with Gasteiger partial charge in [0.15, 0.2) is 0 Å². The van der Waals surface area contributed by atoms with E-state index < -0.39 is 17.2 Å². The minimum absolute atomic E-state index is 0.419. The van der Waals surface area contributed by atoms with Crippen molar-refractivity contribution in [2.45, 2.75) is 30.5 Å². The average Bonchev–Trinajstić information content (AvgIpc) is 3.00. The minimum Gasteiger partial charge on any atom is -0.378 e. The molecule has 4 N–H and O–H groups in total. The van der Waals surface area contributed by atoms with Gasteiger partial charge in [-0.3, -0.25) is 9.98 Å². The fraction of sp³-hybridized carbons (Fsp3) is 0.500. The molecule has 0 radical (unpaired) electrons. The lowest BCUT2D eigenvalue weighted by molar-refractivity contribution is -0.0248. The van der Waals surface area contributed by atoms with Crippen molar-refractivity contribution in [3.8, 4) is 0 Å². The van der Waals surface area contributed by atoms with E-state index in [4.69, 9.17) is 25.9 Å². The molecule has 3 heterocycles. The van der Waals surface area contributed by atoms with E-state index in [1.54, 1.807) is 25.6 Å². The van der Waals surface area contributed by atoms with Crippen molar-refractivity contribution in [1.29, 1.82) is 0 Å². The van der Waals surface area contributed by atoms with E-state index in [-0.39, 0.29) is 0 Å². The zero-order valence-corrected chi connectivity index (χ0v) is 13.0. The molecule has 6 nitrogen and oxygen atoms in total. The van der Waals surface area contributed by atoms with Gasteiger partial charge in [0.25, 0.3) is 0 Å². The van der Waals surface area contributed by atoms with Crippen molar-refractivity contribution >= 4 is 6.21 Å². The third-order valence-electron chi connectivity index (χ3n) is 4.49. The molecule has 3 unspecified atom stereocenters. The number of rotatable bonds is 3. The summed E-state index contributed by atoms with van der Waals surface area (Å²) in [6, 6.07) is 3.57. The molecule has 0 aliphatic carbocycles. The predicted octanol–water partition coefficient (Wildman–Crippen LogP) is 0.731. The smallest absolute Gasteiger partial charge is 0.135 e. The van der Waals surface area contributed by atoms with Gasteiger partial charge in [0.2, 0.25) is 0 Å². The number of methoxy groups -OCH3 is 1. The van der Waals surface area contributed by atoms with Crippen LogP contribution >= 0.6 is 0 Å². The van der Waals surface area contributed by atoms with E-state index in [2.05, 4.69) is 4.99 Å². The van der Waals surface area contributed by atoms with Gasteiger partial charge in [-0.2, -0.15) is 0 Å². The van der Waals surface area contributed by atoms with Crippen LogP contribution in [0.1, 0.15) is 23.4 Å². The normalized spacial score (nSPS) is 34.3. The van der Waals surface area contributed by atoms with Gasteiger partial charge in [-0.05, 0) is 30.7 Å².